The van der Waals surface area contributed by atoms with E-state index in [0.717, 1.165) is 16.5 Å². The zero-order valence-corrected chi connectivity index (χ0v) is 24.8. The van der Waals surface area contributed by atoms with Crippen molar-refractivity contribution in [1.29, 1.82) is 0 Å². The van der Waals surface area contributed by atoms with Gasteiger partial charge in [-0.2, -0.15) is 10.1 Å². The van der Waals surface area contributed by atoms with Crippen molar-refractivity contribution in [2.24, 2.45) is 5.41 Å². The van der Waals surface area contributed by atoms with E-state index in [1.807, 2.05) is 6.92 Å². The summed E-state index contributed by atoms with van der Waals surface area (Å²) in [4.78, 5) is 35.3. The lowest BCUT2D eigenvalue weighted by atomic mass is 10.1. The molecular weight excluding hydrogens is 607 g/mol. The molecule has 0 spiro atoms. The van der Waals surface area contributed by atoms with Crippen LogP contribution in [-0.4, -0.2) is 56.0 Å². The van der Waals surface area contributed by atoms with Gasteiger partial charge in [0.05, 0.1) is 19.3 Å². The molecule has 15 heteroatoms. The van der Waals surface area contributed by atoms with Crippen molar-refractivity contribution in [2.75, 3.05) is 18.9 Å². The number of aliphatic hydroxyl groups excluding tert-OH is 1. The first-order valence-electron chi connectivity index (χ1n) is 12.7. The van der Waals surface area contributed by atoms with E-state index in [0.29, 0.717) is 12.8 Å². The Morgan fingerprint density at radius 3 is 2.77 bits per heavy atom. The van der Waals surface area contributed by atoms with E-state index >= 15 is 0 Å². The average Bonchev–Trinajstić information content (AvgIpc) is 3.44. The topological polar surface area (TPSA) is 184 Å². The minimum atomic E-state index is -4.14. The van der Waals surface area contributed by atoms with Crippen LogP contribution in [0.25, 0.3) is 17.4 Å². The first-order chi connectivity index (χ1) is 19.0. The van der Waals surface area contributed by atoms with Crippen molar-refractivity contribution in [3.05, 3.63) is 51.0 Å². The molecule has 216 valence electrons. The molecule has 5 N–H and O–H groups in total. The fourth-order valence-corrected chi connectivity index (χ4v) is 5.88. The van der Waals surface area contributed by atoms with Gasteiger partial charge in [0.15, 0.2) is 11.2 Å². The van der Waals surface area contributed by atoms with E-state index in [9.17, 15) is 19.3 Å². The van der Waals surface area contributed by atoms with E-state index < -0.39 is 30.7 Å². The van der Waals surface area contributed by atoms with Crippen LogP contribution in [0.3, 0.4) is 0 Å². The van der Waals surface area contributed by atoms with Crippen LogP contribution in [0.1, 0.15) is 40.0 Å². The Balaban J connectivity index is 1.53. The summed E-state index contributed by atoms with van der Waals surface area (Å²) in [7, 11) is -4.14. The highest BCUT2D eigenvalue weighted by molar-refractivity contribution is 9.10. The molecule has 4 rings (SSSR count). The summed E-state index contributed by atoms with van der Waals surface area (Å²) >= 11 is 3.34. The monoisotopic (exact) mass is 638 g/mol. The highest BCUT2D eigenvalue weighted by Crippen LogP contribution is 2.56. The van der Waals surface area contributed by atoms with Crippen molar-refractivity contribution < 1.29 is 28.3 Å². The van der Waals surface area contributed by atoms with Gasteiger partial charge in [-0.05, 0) is 56.5 Å². The number of hydrogen-bond donors (Lipinski definition) is 4. The standard InChI is InChI=1S/C25H32BrN6O7P/c1-4-5-15(2)38-23(35)16(3)31-40(36,39-19-8-6-18(26)7-9-19)37-13-25(12-33)10-17(25)11-32-14-28-20-21(32)29-24(27)30-22(20)34/h6-9,11,14-16,33H,4-5,10,12-13H2,1-3H3,(H,31,36)(H3,27,29,30,34)/b17-11-/t15?,16?,25-,40+/m1/s1. The largest absolute Gasteiger partial charge is 0.462 e. The number of nitrogen functional groups attached to an aromatic ring is 1. The predicted octanol–water partition coefficient (Wildman–Crippen LogP) is 3.60. The molecule has 0 amide bonds. The third-order valence-electron chi connectivity index (χ3n) is 6.40. The Bertz CT molecular complexity index is 1510. The number of ether oxygens (including phenoxy) is 1. The van der Waals surface area contributed by atoms with Crippen molar-refractivity contribution >= 4 is 53.0 Å². The lowest BCUT2D eigenvalue weighted by molar-refractivity contribution is -0.150. The van der Waals surface area contributed by atoms with Gasteiger partial charge >= 0.3 is 13.7 Å². The molecule has 3 aromatic rings. The van der Waals surface area contributed by atoms with Gasteiger partial charge in [-0.1, -0.05) is 29.3 Å². The number of anilines is 1. The number of nitrogens with one attached hydrogen (secondary N) is 2. The molecule has 1 aliphatic carbocycles. The van der Waals surface area contributed by atoms with Gasteiger partial charge in [-0.3, -0.25) is 23.7 Å². The molecule has 2 heterocycles. The van der Waals surface area contributed by atoms with Crippen LogP contribution < -0.4 is 20.9 Å². The van der Waals surface area contributed by atoms with Crippen molar-refractivity contribution in [2.45, 2.75) is 52.2 Å². The first-order valence-corrected chi connectivity index (χ1v) is 15.0. The van der Waals surface area contributed by atoms with Gasteiger partial charge in [0.1, 0.15) is 18.1 Å². The van der Waals surface area contributed by atoms with Gasteiger partial charge < -0.3 is 20.1 Å². The fraction of sp³-hybridized carbons (Fsp3) is 0.440. The summed E-state index contributed by atoms with van der Waals surface area (Å²) in [5.74, 6) is -0.400. The van der Waals surface area contributed by atoms with Crippen LogP contribution >= 0.6 is 23.7 Å². The van der Waals surface area contributed by atoms with Crippen molar-refractivity contribution in [1.82, 2.24) is 24.6 Å². The average molecular weight is 639 g/mol. The minimum absolute atomic E-state index is 0.0564. The third kappa shape index (κ3) is 6.99. The molecule has 1 aromatic carbocycles. The van der Waals surface area contributed by atoms with Crippen LogP contribution in [0, 0.1) is 5.41 Å². The molecule has 13 nitrogen and oxygen atoms in total. The fourth-order valence-electron chi connectivity index (χ4n) is 4.04. The number of halogens is 1. The van der Waals surface area contributed by atoms with Crippen LogP contribution in [0.15, 0.2) is 45.4 Å². The van der Waals surface area contributed by atoms with E-state index in [2.05, 4.69) is 36.0 Å². The highest BCUT2D eigenvalue weighted by Gasteiger charge is 2.51. The quantitative estimate of drug-likeness (QED) is 0.158. The van der Waals surface area contributed by atoms with Gasteiger partial charge in [-0.15, -0.1) is 0 Å². The number of carbonyl (C=O) groups excluding carboxylic acids is 1. The Morgan fingerprint density at radius 1 is 1.38 bits per heavy atom. The molecule has 0 saturated heterocycles. The lowest BCUT2D eigenvalue weighted by Crippen LogP contribution is -2.37. The number of nitrogens with zero attached hydrogens (tertiary/aromatic N) is 3. The Morgan fingerprint density at radius 2 is 2.10 bits per heavy atom. The summed E-state index contributed by atoms with van der Waals surface area (Å²) in [5.41, 5.74) is 5.44. The second-order valence-electron chi connectivity index (χ2n) is 9.75. The predicted molar refractivity (Wildman–Crippen MR) is 152 cm³/mol. The molecule has 1 aliphatic rings. The van der Waals surface area contributed by atoms with Gasteiger partial charge in [0.2, 0.25) is 5.95 Å². The molecule has 40 heavy (non-hydrogen) atoms. The maximum atomic E-state index is 13.9. The number of aliphatic hydroxyl groups is 1. The SMILES string of the molecule is CCCC(C)OC(=O)C(C)N[P@](=O)(OC[C@]1(CO)C/C1=C/n1cnc2c(=O)[nH]c(N)nc21)Oc1ccc(Br)cc1. The zero-order chi connectivity index (χ0) is 29.1. The van der Waals surface area contributed by atoms with Crippen LogP contribution in [0.4, 0.5) is 5.95 Å². The Kier molecular flexibility index (Phi) is 9.16. The molecule has 1 fully saturated rings. The number of H-pyrrole nitrogens is 1. The number of aromatic nitrogens is 4. The van der Waals surface area contributed by atoms with Crippen LogP contribution in [0.2, 0.25) is 0 Å². The van der Waals surface area contributed by atoms with Gasteiger partial charge in [0.25, 0.3) is 5.56 Å². The summed E-state index contributed by atoms with van der Waals surface area (Å²) < 4.78 is 33.2. The normalized spacial score (nSPS) is 20.7. The highest BCUT2D eigenvalue weighted by atomic mass is 79.9. The molecule has 2 aromatic heterocycles. The zero-order valence-electron chi connectivity index (χ0n) is 22.3. The van der Waals surface area contributed by atoms with E-state index in [1.54, 1.807) is 37.4 Å². The molecular formula is C25H32BrN6O7P. The molecule has 1 saturated carbocycles. The summed E-state index contributed by atoms with van der Waals surface area (Å²) in [6.07, 6.45) is 4.73. The summed E-state index contributed by atoms with van der Waals surface area (Å²) in [6.45, 7) is 4.78. The number of imidazole rings is 1. The van der Waals surface area contributed by atoms with Crippen molar-refractivity contribution in [3.8, 4) is 5.75 Å². The Hall–Kier alpha value is -3.03. The number of carbonyl (C=O) groups is 1. The van der Waals surface area contributed by atoms with Crippen molar-refractivity contribution in [3.63, 3.8) is 0 Å². The van der Waals surface area contributed by atoms with Gasteiger partial charge in [-0.25, -0.2) is 9.55 Å². The number of esters is 1. The molecule has 0 aliphatic heterocycles. The summed E-state index contributed by atoms with van der Waals surface area (Å²) in [6, 6.07) is 5.61. The second kappa shape index (κ2) is 12.2. The number of rotatable bonds is 13. The first kappa shape index (κ1) is 29.9. The molecule has 0 bridgehead atoms. The third-order valence-corrected chi connectivity index (χ3v) is 8.55. The Labute approximate surface area is 238 Å². The van der Waals surface area contributed by atoms with Crippen LogP contribution in [0.5, 0.6) is 5.75 Å². The minimum Gasteiger partial charge on any atom is -0.462 e. The van der Waals surface area contributed by atoms with Gasteiger partial charge in [0, 0.05) is 16.1 Å². The molecule has 0 radical (unpaired) electrons. The molecule has 4 atom stereocenters. The second-order valence-corrected chi connectivity index (χ2v) is 12.4. The number of aromatic amines is 1. The number of fused-ring (bicyclic) bond motifs is 1. The smallest absolute Gasteiger partial charge is 0.459 e. The summed E-state index contributed by atoms with van der Waals surface area (Å²) in [5, 5.41) is 12.9. The number of nitrogens with two attached hydrogens (primary N) is 1. The van der Waals surface area contributed by atoms with E-state index in [1.165, 1.54) is 17.8 Å². The maximum absolute atomic E-state index is 13.9. The lowest BCUT2D eigenvalue weighted by Gasteiger charge is -2.25. The van der Waals surface area contributed by atoms with E-state index in [-0.39, 0.29) is 42.2 Å². The van der Waals surface area contributed by atoms with Crippen LogP contribution in [-0.2, 0) is 18.6 Å². The van der Waals surface area contributed by atoms with E-state index in [4.69, 9.17) is 19.5 Å². The maximum Gasteiger partial charge on any atom is 0.459 e. The number of benzene rings is 1. The molecule has 2 unspecified atom stereocenters. The number of hydrogen-bond acceptors (Lipinski definition) is 10.